The number of rotatable bonds is 8. The molecule has 0 bridgehead atoms. The van der Waals surface area contributed by atoms with Crippen LogP contribution >= 0.6 is 0 Å². The number of hydrogen-bond donors (Lipinski definition) is 1. The molecular weight excluding hydrogens is 250 g/mol. The molecule has 19 heavy (non-hydrogen) atoms. The van der Waals surface area contributed by atoms with Crippen LogP contribution in [0, 0.1) is 10.1 Å². The molecule has 1 unspecified atom stereocenters. The van der Waals surface area contributed by atoms with Crippen LogP contribution in [-0.4, -0.2) is 22.6 Å². The molecule has 6 heteroatoms. The standard InChI is InChI=1S/C13H17NO5/c1-2-3-4-9-19-12(13(15)16)10-5-7-11(8-6-10)14(17)18/h5-8,12H,2-4,9H2,1H3,(H,15,16). The second-order valence-corrected chi connectivity index (χ2v) is 4.14. The predicted octanol–water partition coefficient (Wildman–Crippen LogP) is 2.93. The summed E-state index contributed by atoms with van der Waals surface area (Å²) in [7, 11) is 0. The summed E-state index contributed by atoms with van der Waals surface area (Å²) >= 11 is 0. The molecule has 0 amide bonds. The molecule has 0 spiro atoms. The average Bonchev–Trinajstić information content (AvgIpc) is 2.38. The zero-order valence-electron chi connectivity index (χ0n) is 10.7. The summed E-state index contributed by atoms with van der Waals surface area (Å²) in [5.41, 5.74) is 0.341. The fraction of sp³-hybridized carbons (Fsp3) is 0.462. The van der Waals surface area contributed by atoms with Gasteiger partial charge in [-0.15, -0.1) is 0 Å². The molecule has 1 rings (SSSR count). The molecule has 0 aliphatic rings. The summed E-state index contributed by atoms with van der Waals surface area (Å²) in [5, 5.41) is 19.6. The van der Waals surface area contributed by atoms with E-state index in [9.17, 15) is 14.9 Å². The largest absolute Gasteiger partial charge is 0.479 e. The van der Waals surface area contributed by atoms with Crippen LogP contribution < -0.4 is 0 Å². The van der Waals surface area contributed by atoms with Crippen molar-refractivity contribution >= 4 is 11.7 Å². The molecular formula is C13H17NO5. The average molecular weight is 267 g/mol. The van der Waals surface area contributed by atoms with Crippen molar-refractivity contribution in [1.29, 1.82) is 0 Å². The molecule has 1 aromatic carbocycles. The van der Waals surface area contributed by atoms with Gasteiger partial charge in [-0.05, 0) is 24.1 Å². The first kappa shape index (κ1) is 15.1. The molecule has 0 aromatic heterocycles. The maximum absolute atomic E-state index is 11.1. The highest BCUT2D eigenvalue weighted by molar-refractivity contribution is 5.74. The molecule has 0 aliphatic carbocycles. The molecule has 1 aromatic rings. The molecule has 104 valence electrons. The Balaban J connectivity index is 2.70. The van der Waals surface area contributed by atoms with Crippen LogP contribution in [0.15, 0.2) is 24.3 Å². The van der Waals surface area contributed by atoms with Gasteiger partial charge in [0.25, 0.3) is 5.69 Å². The normalized spacial score (nSPS) is 12.1. The first-order valence-electron chi connectivity index (χ1n) is 6.15. The minimum atomic E-state index is -1.09. The van der Waals surface area contributed by atoms with Crippen LogP contribution in [0.5, 0.6) is 0 Å². The van der Waals surface area contributed by atoms with Gasteiger partial charge in [0, 0.05) is 18.7 Å². The van der Waals surface area contributed by atoms with E-state index >= 15 is 0 Å². The van der Waals surface area contributed by atoms with Crippen LogP contribution in [0.25, 0.3) is 0 Å². The van der Waals surface area contributed by atoms with Crippen molar-refractivity contribution in [3.8, 4) is 0 Å². The van der Waals surface area contributed by atoms with E-state index in [0.29, 0.717) is 12.2 Å². The Morgan fingerprint density at radius 1 is 1.37 bits per heavy atom. The van der Waals surface area contributed by atoms with Gasteiger partial charge in [0.05, 0.1) is 4.92 Å². The summed E-state index contributed by atoms with van der Waals surface area (Å²) in [5.74, 6) is -1.09. The minimum absolute atomic E-state index is 0.0705. The molecule has 1 N–H and O–H groups in total. The van der Waals surface area contributed by atoms with Gasteiger partial charge in [0.15, 0.2) is 6.10 Å². The topological polar surface area (TPSA) is 89.7 Å². The summed E-state index contributed by atoms with van der Waals surface area (Å²) in [6.45, 7) is 2.41. The fourth-order valence-corrected chi connectivity index (χ4v) is 1.63. The number of nitro groups is 1. The smallest absolute Gasteiger partial charge is 0.337 e. The number of nitrogens with zero attached hydrogens (tertiary/aromatic N) is 1. The van der Waals surface area contributed by atoms with Crippen molar-refractivity contribution in [2.75, 3.05) is 6.61 Å². The van der Waals surface area contributed by atoms with Crippen LogP contribution in [0.3, 0.4) is 0 Å². The Morgan fingerprint density at radius 3 is 2.47 bits per heavy atom. The Bertz CT molecular complexity index is 429. The monoisotopic (exact) mass is 267 g/mol. The number of aliphatic carboxylic acids is 1. The molecule has 0 saturated heterocycles. The fourth-order valence-electron chi connectivity index (χ4n) is 1.63. The van der Waals surface area contributed by atoms with Crippen LogP contribution in [0.4, 0.5) is 5.69 Å². The van der Waals surface area contributed by atoms with E-state index in [1.54, 1.807) is 0 Å². The first-order valence-corrected chi connectivity index (χ1v) is 6.15. The van der Waals surface area contributed by atoms with Gasteiger partial charge in [-0.3, -0.25) is 10.1 Å². The number of non-ortho nitro benzene ring substituents is 1. The van der Waals surface area contributed by atoms with Gasteiger partial charge in [0.2, 0.25) is 0 Å². The van der Waals surface area contributed by atoms with E-state index < -0.39 is 17.0 Å². The molecule has 6 nitrogen and oxygen atoms in total. The Morgan fingerprint density at radius 2 is 2.00 bits per heavy atom. The number of benzene rings is 1. The van der Waals surface area contributed by atoms with Gasteiger partial charge >= 0.3 is 5.97 Å². The summed E-state index contributed by atoms with van der Waals surface area (Å²) in [6.07, 6.45) is 1.73. The van der Waals surface area contributed by atoms with Crippen molar-refractivity contribution in [2.24, 2.45) is 0 Å². The zero-order valence-corrected chi connectivity index (χ0v) is 10.7. The lowest BCUT2D eigenvalue weighted by Gasteiger charge is -2.13. The number of ether oxygens (including phenoxy) is 1. The van der Waals surface area contributed by atoms with Gasteiger partial charge in [-0.1, -0.05) is 19.8 Å². The number of carboxylic acids is 1. The Kier molecular flexibility index (Phi) is 5.95. The maximum atomic E-state index is 11.1. The number of nitro benzene ring substituents is 1. The predicted molar refractivity (Wildman–Crippen MR) is 69.0 cm³/mol. The molecule has 0 radical (unpaired) electrons. The molecule has 0 fully saturated rings. The van der Waals surface area contributed by atoms with E-state index in [1.165, 1.54) is 24.3 Å². The van der Waals surface area contributed by atoms with Gasteiger partial charge in [0.1, 0.15) is 0 Å². The lowest BCUT2D eigenvalue weighted by Crippen LogP contribution is -2.16. The van der Waals surface area contributed by atoms with E-state index in [2.05, 4.69) is 0 Å². The first-order chi connectivity index (χ1) is 9.06. The van der Waals surface area contributed by atoms with E-state index in [4.69, 9.17) is 9.84 Å². The van der Waals surface area contributed by atoms with Crippen molar-refractivity contribution in [1.82, 2.24) is 0 Å². The molecule has 0 heterocycles. The zero-order chi connectivity index (χ0) is 14.3. The van der Waals surface area contributed by atoms with Crippen molar-refractivity contribution in [2.45, 2.75) is 32.3 Å². The van der Waals surface area contributed by atoms with E-state index in [1.807, 2.05) is 6.92 Å². The third-order valence-corrected chi connectivity index (χ3v) is 2.66. The third kappa shape index (κ3) is 4.67. The minimum Gasteiger partial charge on any atom is -0.479 e. The highest BCUT2D eigenvalue weighted by atomic mass is 16.6. The number of hydrogen-bond acceptors (Lipinski definition) is 4. The summed E-state index contributed by atoms with van der Waals surface area (Å²) in [6, 6.07) is 5.38. The quantitative estimate of drug-likeness (QED) is 0.444. The lowest BCUT2D eigenvalue weighted by atomic mass is 10.1. The highest BCUT2D eigenvalue weighted by Gasteiger charge is 2.21. The Hall–Kier alpha value is -1.95. The van der Waals surface area contributed by atoms with Crippen molar-refractivity contribution < 1.29 is 19.6 Å². The SMILES string of the molecule is CCCCCOC(C(=O)O)c1ccc([N+](=O)[O-])cc1. The molecule has 1 atom stereocenters. The summed E-state index contributed by atoms with van der Waals surface area (Å²) < 4.78 is 5.32. The van der Waals surface area contributed by atoms with Crippen LogP contribution in [0.1, 0.15) is 37.9 Å². The van der Waals surface area contributed by atoms with Gasteiger partial charge in [-0.2, -0.15) is 0 Å². The molecule has 0 saturated carbocycles. The van der Waals surface area contributed by atoms with Gasteiger partial charge < -0.3 is 9.84 Å². The number of carboxylic acid groups (broad SMARTS) is 1. The number of unbranched alkanes of at least 4 members (excludes halogenated alkanes) is 2. The van der Waals surface area contributed by atoms with E-state index in [0.717, 1.165) is 19.3 Å². The van der Waals surface area contributed by atoms with Crippen molar-refractivity contribution in [3.05, 3.63) is 39.9 Å². The Labute approximate surface area is 111 Å². The summed E-state index contributed by atoms with van der Waals surface area (Å²) in [4.78, 5) is 21.1. The lowest BCUT2D eigenvalue weighted by molar-refractivity contribution is -0.384. The van der Waals surface area contributed by atoms with E-state index in [-0.39, 0.29) is 5.69 Å². The molecule has 0 aliphatic heterocycles. The van der Waals surface area contributed by atoms with Gasteiger partial charge in [-0.25, -0.2) is 4.79 Å². The number of carbonyl (C=O) groups is 1. The maximum Gasteiger partial charge on any atom is 0.337 e. The van der Waals surface area contributed by atoms with Crippen LogP contribution in [0.2, 0.25) is 0 Å². The second kappa shape index (κ2) is 7.48. The van der Waals surface area contributed by atoms with Crippen LogP contribution in [-0.2, 0) is 9.53 Å². The third-order valence-electron chi connectivity index (χ3n) is 2.66. The second-order valence-electron chi connectivity index (χ2n) is 4.14. The van der Waals surface area contributed by atoms with Crippen molar-refractivity contribution in [3.63, 3.8) is 0 Å². The highest BCUT2D eigenvalue weighted by Crippen LogP contribution is 2.21.